The lowest BCUT2D eigenvalue weighted by atomic mass is 10.1. The topological polar surface area (TPSA) is 199 Å². The fourth-order valence-electron chi connectivity index (χ4n) is 3.56. The van der Waals surface area contributed by atoms with Crippen molar-refractivity contribution in [2.75, 3.05) is 13.7 Å². The summed E-state index contributed by atoms with van der Waals surface area (Å²) in [6.45, 7) is 1.72. The molecule has 0 saturated carbocycles. The molecule has 1 aliphatic heterocycles. The minimum absolute atomic E-state index is 0.0888. The van der Waals surface area contributed by atoms with Gasteiger partial charge in [-0.15, -0.1) is 0 Å². The second kappa shape index (κ2) is 10.5. The van der Waals surface area contributed by atoms with Gasteiger partial charge in [0.05, 0.1) is 21.9 Å². The summed E-state index contributed by atoms with van der Waals surface area (Å²) in [7, 11) is -3.61. The number of carbonyl (C=O) groups is 2. The van der Waals surface area contributed by atoms with Crippen molar-refractivity contribution in [2.45, 2.75) is 56.0 Å². The zero-order chi connectivity index (χ0) is 24.9. The lowest BCUT2D eigenvalue weighted by molar-refractivity contribution is -0.396. The number of ether oxygens (including phenoxy) is 1. The molecule has 1 heterocycles. The van der Waals surface area contributed by atoms with Crippen LogP contribution in [-0.2, 0) is 19.6 Å². The monoisotopic (exact) mass is 488 g/mol. The van der Waals surface area contributed by atoms with Crippen LogP contribution in [0, 0.1) is 20.2 Å². The van der Waals surface area contributed by atoms with Crippen molar-refractivity contribution in [3.63, 3.8) is 0 Å². The molecule has 33 heavy (non-hydrogen) atoms. The highest BCUT2D eigenvalue weighted by molar-refractivity contribution is 7.89. The van der Waals surface area contributed by atoms with Crippen LogP contribution in [0.1, 0.15) is 39.0 Å². The molecule has 1 amide bonds. The van der Waals surface area contributed by atoms with Gasteiger partial charge in [-0.25, -0.2) is 13.2 Å². The van der Waals surface area contributed by atoms with Gasteiger partial charge in [-0.3, -0.25) is 25.0 Å². The van der Waals surface area contributed by atoms with Crippen molar-refractivity contribution in [1.29, 1.82) is 0 Å². The van der Waals surface area contributed by atoms with E-state index in [1.807, 2.05) is 6.92 Å². The van der Waals surface area contributed by atoms with E-state index in [0.29, 0.717) is 25.0 Å². The lowest BCUT2D eigenvalue weighted by Crippen LogP contribution is -2.50. The third-order valence-corrected chi connectivity index (χ3v) is 7.08. The molecule has 0 unspecified atom stereocenters. The average Bonchev–Trinajstić information content (AvgIpc) is 3.26. The zero-order valence-electron chi connectivity index (χ0n) is 17.9. The largest absolute Gasteiger partial charge is 0.485 e. The number of nitro benzene ring substituents is 2. The van der Waals surface area contributed by atoms with Gasteiger partial charge in [-0.1, -0.05) is 19.8 Å². The summed E-state index contributed by atoms with van der Waals surface area (Å²) in [5, 5.41) is 34.4. The average molecular weight is 488 g/mol. The van der Waals surface area contributed by atoms with Gasteiger partial charge in [-0.05, 0) is 19.3 Å². The van der Waals surface area contributed by atoms with Crippen LogP contribution in [0.2, 0.25) is 0 Å². The van der Waals surface area contributed by atoms with Gasteiger partial charge in [0.15, 0.2) is 0 Å². The fraction of sp³-hybridized carbons (Fsp3) is 0.556. The van der Waals surface area contributed by atoms with Crippen LogP contribution in [0.5, 0.6) is 5.75 Å². The number of carboxylic acids is 1. The highest BCUT2D eigenvalue weighted by atomic mass is 32.2. The molecule has 1 aromatic carbocycles. The van der Waals surface area contributed by atoms with Crippen molar-refractivity contribution in [3.8, 4) is 5.75 Å². The van der Waals surface area contributed by atoms with Gasteiger partial charge in [-0.2, -0.15) is 4.31 Å². The van der Waals surface area contributed by atoms with Crippen molar-refractivity contribution < 1.29 is 37.7 Å². The first kappa shape index (κ1) is 25.9. The standard InChI is InChI=1S/C18H24N4O10S/c1-3-4-6-12(18(24)25)19-17(23)13-7-5-8-20(13)33(30,31)11-9-14(21(26)27)16(32-2)15(10-11)22(28)29/h9-10,12-13H,3-8H2,1-2H3,(H,19,23)(H,24,25)/t12-,13-/m0/s1. The molecule has 182 valence electrons. The van der Waals surface area contributed by atoms with Crippen LogP contribution in [0.3, 0.4) is 0 Å². The van der Waals surface area contributed by atoms with Gasteiger partial charge >= 0.3 is 17.3 Å². The highest BCUT2D eigenvalue weighted by Crippen LogP contribution is 2.40. The Balaban J connectivity index is 2.44. The van der Waals surface area contributed by atoms with E-state index in [2.05, 4.69) is 5.32 Å². The number of unbranched alkanes of at least 4 members (excludes halogenated alkanes) is 1. The second-order valence-corrected chi connectivity index (χ2v) is 9.21. The first-order chi connectivity index (χ1) is 15.4. The number of nitro groups is 2. The Hall–Kier alpha value is -3.33. The number of rotatable bonds is 11. The zero-order valence-corrected chi connectivity index (χ0v) is 18.7. The number of benzene rings is 1. The maximum absolute atomic E-state index is 13.2. The van der Waals surface area contributed by atoms with E-state index in [0.717, 1.165) is 11.4 Å². The molecule has 1 saturated heterocycles. The molecule has 2 N–H and O–H groups in total. The van der Waals surface area contributed by atoms with Crippen molar-refractivity contribution in [1.82, 2.24) is 9.62 Å². The Morgan fingerprint density at radius 2 is 1.85 bits per heavy atom. The third-order valence-electron chi connectivity index (χ3n) is 5.19. The third kappa shape index (κ3) is 5.54. The molecule has 0 bridgehead atoms. The molecule has 1 fully saturated rings. The minimum atomic E-state index is -4.58. The number of hydrogen-bond donors (Lipinski definition) is 2. The lowest BCUT2D eigenvalue weighted by Gasteiger charge is -2.25. The summed E-state index contributed by atoms with van der Waals surface area (Å²) in [5.41, 5.74) is -1.84. The number of aliphatic carboxylic acids is 1. The number of nitrogens with zero attached hydrogens (tertiary/aromatic N) is 3. The smallest absolute Gasteiger partial charge is 0.326 e. The van der Waals surface area contributed by atoms with Crippen LogP contribution in [0.15, 0.2) is 17.0 Å². The van der Waals surface area contributed by atoms with Crippen molar-refractivity contribution in [2.24, 2.45) is 0 Å². The van der Waals surface area contributed by atoms with Gasteiger partial charge in [0.1, 0.15) is 12.1 Å². The molecule has 2 atom stereocenters. The van der Waals surface area contributed by atoms with E-state index < -0.39 is 65.8 Å². The van der Waals surface area contributed by atoms with E-state index >= 15 is 0 Å². The van der Waals surface area contributed by atoms with E-state index in [1.165, 1.54) is 0 Å². The SMILES string of the molecule is CCCC[C@H](NC(=O)[C@@H]1CCCN1S(=O)(=O)c1cc([N+](=O)[O-])c(OC)c([N+](=O)[O-])c1)C(=O)O. The molecule has 0 aliphatic carbocycles. The molecule has 0 aromatic heterocycles. The van der Waals surface area contributed by atoms with Gasteiger partial charge in [0.2, 0.25) is 15.9 Å². The Morgan fingerprint density at radius 3 is 2.30 bits per heavy atom. The number of amides is 1. The molecule has 0 spiro atoms. The van der Waals surface area contributed by atoms with Gasteiger partial charge < -0.3 is 15.2 Å². The molecular weight excluding hydrogens is 464 g/mol. The number of carboxylic acid groups (broad SMARTS) is 1. The predicted octanol–water partition coefficient (Wildman–Crippen LogP) is 1.42. The summed E-state index contributed by atoms with van der Waals surface area (Å²) in [4.78, 5) is 44.2. The summed E-state index contributed by atoms with van der Waals surface area (Å²) in [6.07, 6.45) is 1.74. The number of carbonyl (C=O) groups excluding carboxylic acids is 1. The van der Waals surface area contributed by atoms with Crippen LogP contribution in [0.4, 0.5) is 11.4 Å². The Morgan fingerprint density at radius 1 is 1.27 bits per heavy atom. The molecule has 1 aliphatic rings. The maximum Gasteiger partial charge on any atom is 0.326 e. The Labute approximate surface area is 188 Å². The van der Waals surface area contributed by atoms with Gasteiger partial charge in [0.25, 0.3) is 5.75 Å². The predicted molar refractivity (Wildman–Crippen MR) is 112 cm³/mol. The van der Waals surface area contributed by atoms with Crippen LogP contribution < -0.4 is 10.1 Å². The van der Waals surface area contributed by atoms with E-state index in [1.54, 1.807) is 0 Å². The molecule has 2 rings (SSSR count). The van der Waals surface area contributed by atoms with Crippen LogP contribution in [0.25, 0.3) is 0 Å². The van der Waals surface area contributed by atoms with E-state index in [4.69, 9.17) is 4.74 Å². The number of hydrogen-bond acceptors (Lipinski definition) is 9. The van der Waals surface area contributed by atoms with Crippen LogP contribution >= 0.6 is 0 Å². The normalized spacial score (nSPS) is 17.3. The molecule has 15 heteroatoms. The molecule has 14 nitrogen and oxygen atoms in total. The Kier molecular flexibility index (Phi) is 8.27. The summed E-state index contributed by atoms with van der Waals surface area (Å²) >= 11 is 0. The minimum Gasteiger partial charge on any atom is -0.485 e. The molecule has 1 aromatic rings. The van der Waals surface area contributed by atoms with Crippen LogP contribution in [-0.4, -0.2) is 65.3 Å². The highest BCUT2D eigenvalue weighted by Gasteiger charge is 2.42. The molecular formula is C18H24N4O10S. The summed E-state index contributed by atoms with van der Waals surface area (Å²) in [6, 6.07) is -1.20. The van der Waals surface area contributed by atoms with E-state index in [-0.39, 0.29) is 25.8 Å². The Bertz CT molecular complexity index is 1020. The number of nitrogens with one attached hydrogen (secondary N) is 1. The fourth-order valence-corrected chi connectivity index (χ4v) is 5.26. The maximum atomic E-state index is 13.2. The number of sulfonamides is 1. The summed E-state index contributed by atoms with van der Waals surface area (Å²) < 4.78 is 32.0. The number of methoxy groups -OCH3 is 1. The van der Waals surface area contributed by atoms with Crippen molar-refractivity contribution >= 4 is 33.3 Å². The second-order valence-electron chi connectivity index (χ2n) is 7.32. The van der Waals surface area contributed by atoms with Gasteiger partial charge in [0, 0.05) is 18.7 Å². The van der Waals surface area contributed by atoms with Crippen molar-refractivity contribution in [3.05, 3.63) is 32.4 Å². The first-order valence-corrected chi connectivity index (χ1v) is 11.5. The molecule has 0 radical (unpaired) electrons. The quantitative estimate of drug-likeness (QED) is 0.339. The summed E-state index contributed by atoms with van der Waals surface area (Å²) in [5.74, 6) is -2.79. The van der Waals surface area contributed by atoms with E-state index in [9.17, 15) is 43.3 Å². The first-order valence-electron chi connectivity index (χ1n) is 10.0.